The van der Waals surface area contributed by atoms with Gasteiger partial charge in [0.2, 0.25) is 0 Å². The summed E-state index contributed by atoms with van der Waals surface area (Å²) in [6, 6.07) is 5.81. The minimum atomic E-state index is -0.00895. The molecule has 1 aromatic carbocycles. The predicted octanol–water partition coefficient (Wildman–Crippen LogP) is 3.71. The van der Waals surface area contributed by atoms with Gasteiger partial charge in [-0.3, -0.25) is 5.41 Å². The van der Waals surface area contributed by atoms with E-state index in [1.807, 2.05) is 20.8 Å². The molecule has 0 heterocycles. The maximum Gasteiger partial charge on any atom is 0.297 e. The van der Waals surface area contributed by atoms with Crippen molar-refractivity contribution in [1.29, 1.82) is 5.41 Å². The van der Waals surface area contributed by atoms with Gasteiger partial charge in [-0.15, -0.1) is 0 Å². The van der Waals surface area contributed by atoms with Crippen LogP contribution in [-0.2, 0) is 0 Å². The molecule has 0 aromatic heterocycles. The van der Waals surface area contributed by atoms with Crippen LogP contribution in [0.15, 0.2) is 23.2 Å². The quantitative estimate of drug-likeness (QED) is 0.493. The van der Waals surface area contributed by atoms with Crippen LogP contribution in [0.5, 0.6) is 5.75 Å². The molecule has 6 heteroatoms. The van der Waals surface area contributed by atoms with Gasteiger partial charge in [-0.25, -0.2) is 0 Å². The molecule has 2 N–H and O–H groups in total. The highest BCUT2D eigenvalue weighted by molar-refractivity contribution is 9.18. The Morgan fingerprint density at radius 3 is 2.72 bits per heavy atom. The van der Waals surface area contributed by atoms with Crippen LogP contribution in [0.3, 0.4) is 0 Å². The van der Waals surface area contributed by atoms with E-state index in [1.54, 1.807) is 18.2 Å². The molecule has 0 amide bonds. The minimum absolute atomic E-state index is 0.00895. The second-order valence-electron chi connectivity index (χ2n) is 3.97. The molecule has 0 radical (unpaired) electrons. The van der Waals surface area contributed by atoms with Gasteiger partial charge in [-0.2, -0.15) is 4.99 Å². The molecule has 0 spiro atoms. The van der Waals surface area contributed by atoms with E-state index in [2.05, 4.69) is 26.2 Å². The van der Waals surface area contributed by atoms with Gasteiger partial charge in [-0.05, 0) is 48.8 Å². The third-order valence-corrected chi connectivity index (χ3v) is 2.62. The van der Waals surface area contributed by atoms with E-state index < -0.39 is 0 Å². The Morgan fingerprint density at radius 1 is 1.50 bits per heavy atom. The largest absolute Gasteiger partial charge is 0.425 e. The molecular formula is C12H15BrClN3O. The molecule has 0 aliphatic heterocycles. The summed E-state index contributed by atoms with van der Waals surface area (Å²) < 4.78 is 5.62. The van der Waals surface area contributed by atoms with Gasteiger partial charge < -0.3 is 10.1 Å². The fourth-order valence-corrected chi connectivity index (χ4v) is 1.55. The summed E-state index contributed by atoms with van der Waals surface area (Å²) >= 11 is 8.98. The van der Waals surface area contributed by atoms with Crippen LogP contribution in [0.2, 0.25) is 5.02 Å². The van der Waals surface area contributed by atoms with Crippen LogP contribution < -0.4 is 10.1 Å². The van der Waals surface area contributed by atoms with E-state index >= 15 is 0 Å². The lowest BCUT2D eigenvalue weighted by molar-refractivity contribution is 0.499. The average molecular weight is 333 g/mol. The molecule has 0 saturated heterocycles. The molecule has 0 fully saturated rings. The van der Waals surface area contributed by atoms with Crippen LogP contribution in [0, 0.1) is 12.3 Å². The number of halogens is 2. The van der Waals surface area contributed by atoms with Gasteiger partial charge in [0.15, 0.2) is 4.74 Å². The van der Waals surface area contributed by atoms with Gasteiger partial charge in [0.05, 0.1) is 0 Å². The highest BCUT2D eigenvalue weighted by atomic mass is 79.9. The van der Waals surface area contributed by atoms with E-state index in [0.717, 1.165) is 5.56 Å². The summed E-state index contributed by atoms with van der Waals surface area (Å²) in [5.41, 5.74) is 0.832. The van der Waals surface area contributed by atoms with Crippen molar-refractivity contribution >= 4 is 38.3 Å². The monoisotopic (exact) mass is 331 g/mol. The number of amidine groups is 2. The van der Waals surface area contributed by atoms with Crippen molar-refractivity contribution in [2.45, 2.75) is 26.8 Å². The average Bonchev–Trinajstić information content (AvgIpc) is 2.23. The third kappa shape index (κ3) is 4.66. The van der Waals surface area contributed by atoms with E-state index in [-0.39, 0.29) is 16.8 Å². The Morgan fingerprint density at radius 2 is 2.17 bits per heavy atom. The van der Waals surface area contributed by atoms with Crippen molar-refractivity contribution in [2.24, 2.45) is 4.99 Å². The molecule has 0 aliphatic rings. The summed E-state index contributed by atoms with van der Waals surface area (Å²) in [6.07, 6.45) is 0. The summed E-state index contributed by atoms with van der Waals surface area (Å²) in [7, 11) is 0. The molecule has 0 atom stereocenters. The van der Waals surface area contributed by atoms with Gasteiger partial charge >= 0.3 is 0 Å². The summed E-state index contributed by atoms with van der Waals surface area (Å²) in [5, 5.41) is 11.0. The molecule has 18 heavy (non-hydrogen) atoms. The Kier molecular flexibility index (Phi) is 5.62. The number of hydrogen-bond donors (Lipinski definition) is 2. The van der Waals surface area contributed by atoms with E-state index in [9.17, 15) is 0 Å². The van der Waals surface area contributed by atoms with Crippen LogP contribution in [0.1, 0.15) is 19.4 Å². The number of hydrogen-bond acceptors (Lipinski definition) is 2. The van der Waals surface area contributed by atoms with Crippen LogP contribution in [0.4, 0.5) is 0 Å². The summed E-state index contributed by atoms with van der Waals surface area (Å²) in [6.45, 7) is 5.78. The number of aliphatic imine (C=N–C) groups is 1. The number of ether oxygens (including phenoxy) is 1. The highest BCUT2D eigenvalue weighted by Gasteiger charge is 2.09. The molecule has 4 nitrogen and oxygen atoms in total. The lowest BCUT2D eigenvalue weighted by atomic mass is 10.2. The maximum absolute atomic E-state index is 7.31. The molecule has 1 rings (SSSR count). The first-order chi connectivity index (χ1) is 8.40. The predicted molar refractivity (Wildman–Crippen MR) is 79.2 cm³/mol. The van der Waals surface area contributed by atoms with Crippen LogP contribution >= 0.6 is 27.5 Å². The SMILES string of the molecule is Cc1c(Cl)cccc1O/C(=N/C(=N)Br)NC(C)C. The number of rotatable bonds is 2. The van der Waals surface area contributed by atoms with Gasteiger partial charge in [-0.1, -0.05) is 17.7 Å². The Labute approximate surface area is 120 Å². The Bertz CT molecular complexity index is 474. The van der Waals surface area contributed by atoms with Crippen LogP contribution in [0.25, 0.3) is 0 Å². The topological polar surface area (TPSA) is 57.5 Å². The molecule has 0 unspecified atom stereocenters. The third-order valence-electron chi connectivity index (χ3n) is 2.04. The van der Waals surface area contributed by atoms with Crippen molar-refractivity contribution in [2.75, 3.05) is 0 Å². The zero-order valence-electron chi connectivity index (χ0n) is 10.4. The first kappa shape index (κ1) is 15.0. The van der Waals surface area contributed by atoms with E-state index in [1.165, 1.54) is 0 Å². The van der Waals surface area contributed by atoms with Crippen molar-refractivity contribution in [1.82, 2.24) is 5.32 Å². The lowest BCUT2D eigenvalue weighted by Gasteiger charge is -2.15. The number of nitrogens with one attached hydrogen (secondary N) is 2. The minimum Gasteiger partial charge on any atom is -0.425 e. The second-order valence-corrected chi connectivity index (χ2v) is 5.13. The maximum atomic E-state index is 7.31. The van der Waals surface area contributed by atoms with Crippen molar-refractivity contribution in [3.8, 4) is 5.75 Å². The van der Waals surface area contributed by atoms with Crippen LogP contribution in [-0.4, -0.2) is 16.8 Å². The molecule has 0 aliphatic carbocycles. The Balaban J connectivity index is 2.96. The molecule has 1 aromatic rings. The number of benzene rings is 1. The normalized spacial score (nSPS) is 11.6. The molecule has 98 valence electrons. The second kappa shape index (κ2) is 6.75. The Hall–Kier alpha value is -1.07. The van der Waals surface area contributed by atoms with Gasteiger partial charge in [0.25, 0.3) is 6.02 Å². The van der Waals surface area contributed by atoms with Crippen molar-refractivity contribution < 1.29 is 4.74 Å². The standard InChI is InChI=1S/C12H15BrClN3O/c1-7(2)16-12(17-11(13)15)18-10-6-4-5-9(14)8(10)3/h4-7H,1-3H3,(H2,15,16,17). The number of nitrogens with zero attached hydrogens (tertiary/aromatic N) is 1. The first-order valence-corrected chi connectivity index (χ1v) is 6.59. The van der Waals surface area contributed by atoms with E-state index in [0.29, 0.717) is 10.8 Å². The zero-order valence-corrected chi connectivity index (χ0v) is 12.8. The fourth-order valence-electron chi connectivity index (χ4n) is 1.22. The van der Waals surface area contributed by atoms with E-state index in [4.69, 9.17) is 21.7 Å². The zero-order chi connectivity index (χ0) is 13.7. The summed E-state index contributed by atoms with van der Waals surface area (Å²) in [5.74, 6) is 0.614. The smallest absolute Gasteiger partial charge is 0.297 e. The highest BCUT2D eigenvalue weighted by Crippen LogP contribution is 2.25. The van der Waals surface area contributed by atoms with Gasteiger partial charge in [0.1, 0.15) is 5.75 Å². The molecule has 0 bridgehead atoms. The lowest BCUT2D eigenvalue weighted by Crippen LogP contribution is -2.35. The summed E-state index contributed by atoms with van der Waals surface area (Å²) in [4.78, 5) is 3.92. The first-order valence-electron chi connectivity index (χ1n) is 5.42. The van der Waals surface area contributed by atoms with Gasteiger partial charge in [0, 0.05) is 16.6 Å². The fraction of sp³-hybridized carbons (Fsp3) is 0.333. The van der Waals surface area contributed by atoms with Crippen molar-refractivity contribution in [3.63, 3.8) is 0 Å². The van der Waals surface area contributed by atoms with Crippen molar-refractivity contribution in [3.05, 3.63) is 28.8 Å². The molecule has 0 saturated carbocycles. The molecular weight excluding hydrogens is 318 g/mol.